The predicted molar refractivity (Wildman–Crippen MR) is 67.5 cm³/mol. The minimum atomic E-state index is -0.244. The summed E-state index contributed by atoms with van der Waals surface area (Å²) in [7, 11) is 1.88. The van der Waals surface area contributed by atoms with Crippen molar-refractivity contribution in [1.82, 2.24) is 4.98 Å². The Labute approximate surface area is 105 Å². The lowest BCUT2D eigenvalue weighted by atomic mass is 10.2. The average molecular weight is 241 g/mol. The molecule has 0 aliphatic rings. The van der Waals surface area contributed by atoms with E-state index in [1.807, 2.05) is 24.1 Å². The van der Waals surface area contributed by atoms with Crippen LogP contribution < -0.4 is 4.90 Å². The lowest BCUT2D eigenvalue weighted by Crippen LogP contribution is -2.17. The van der Waals surface area contributed by atoms with Gasteiger partial charge in [-0.05, 0) is 29.8 Å². The van der Waals surface area contributed by atoms with Gasteiger partial charge in [-0.2, -0.15) is 5.26 Å². The van der Waals surface area contributed by atoms with Crippen LogP contribution in [-0.2, 0) is 6.54 Å². The molecule has 1 heterocycles. The molecule has 0 fully saturated rings. The van der Waals surface area contributed by atoms with Gasteiger partial charge in [-0.1, -0.05) is 18.2 Å². The first-order valence-electron chi connectivity index (χ1n) is 5.52. The summed E-state index contributed by atoms with van der Waals surface area (Å²) in [6, 6.07) is 13.6. The number of halogens is 1. The Kier molecular flexibility index (Phi) is 3.54. The van der Waals surface area contributed by atoms with E-state index >= 15 is 0 Å². The van der Waals surface area contributed by atoms with Crippen LogP contribution in [0.4, 0.5) is 10.2 Å². The standard InChI is InChI=1S/C14H12FN3/c1-18(10-11-5-7-12(15)8-6-11)14-4-2-3-13(9-16)17-14/h2-8H,10H2,1H3. The van der Waals surface area contributed by atoms with E-state index < -0.39 is 0 Å². The number of benzene rings is 1. The van der Waals surface area contributed by atoms with Crippen LogP contribution in [0.3, 0.4) is 0 Å². The van der Waals surface area contributed by atoms with Crippen LogP contribution in [0.5, 0.6) is 0 Å². The van der Waals surface area contributed by atoms with Gasteiger partial charge in [0.2, 0.25) is 0 Å². The molecule has 0 spiro atoms. The number of hydrogen-bond donors (Lipinski definition) is 0. The van der Waals surface area contributed by atoms with Gasteiger partial charge in [0.1, 0.15) is 23.4 Å². The third kappa shape index (κ3) is 2.83. The lowest BCUT2D eigenvalue weighted by Gasteiger charge is -2.18. The van der Waals surface area contributed by atoms with Crippen molar-refractivity contribution in [3.63, 3.8) is 0 Å². The molecule has 0 bridgehead atoms. The lowest BCUT2D eigenvalue weighted by molar-refractivity contribution is 0.627. The highest BCUT2D eigenvalue weighted by atomic mass is 19.1. The van der Waals surface area contributed by atoms with Crippen LogP contribution in [0, 0.1) is 17.1 Å². The third-order valence-electron chi connectivity index (χ3n) is 2.57. The molecule has 0 saturated heterocycles. The van der Waals surface area contributed by atoms with Crippen molar-refractivity contribution < 1.29 is 4.39 Å². The van der Waals surface area contributed by atoms with Crippen LogP contribution >= 0.6 is 0 Å². The van der Waals surface area contributed by atoms with Crippen LogP contribution in [0.15, 0.2) is 42.5 Å². The average Bonchev–Trinajstić information content (AvgIpc) is 2.41. The molecule has 0 aliphatic heterocycles. The molecule has 3 nitrogen and oxygen atoms in total. The highest BCUT2D eigenvalue weighted by Gasteiger charge is 2.04. The second kappa shape index (κ2) is 5.28. The minimum absolute atomic E-state index is 0.244. The van der Waals surface area contributed by atoms with Gasteiger partial charge >= 0.3 is 0 Å². The SMILES string of the molecule is CN(Cc1ccc(F)cc1)c1cccc(C#N)n1. The normalized spacial score (nSPS) is 9.83. The van der Waals surface area contributed by atoms with E-state index in [0.717, 1.165) is 11.4 Å². The van der Waals surface area contributed by atoms with Gasteiger partial charge in [-0.3, -0.25) is 0 Å². The molecule has 0 atom stereocenters. The first-order chi connectivity index (χ1) is 8.69. The molecule has 0 unspecified atom stereocenters. The van der Waals surface area contributed by atoms with Gasteiger partial charge in [0, 0.05) is 13.6 Å². The quantitative estimate of drug-likeness (QED) is 0.829. The molecule has 4 heteroatoms. The fourth-order valence-corrected chi connectivity index (χ4v) is 1.64. The Morgan fingerprint density at radius 3 is 2.61 bits per heavy atom. The van der Waals surface area contributed by atoms with Crippen molar-refractivity contribution in [3.8, 4) is 6.07 Å². The molecule has 0 amide bonds. The van der Waals surface area contributed by atoms with Crippen molar-refractivity contribution in [2.24, 2.45) is 0 Å². The van der Waals surface area contributed by atoms with E-state index in [1.54, 1.807) is 24.3 Å². The monoisotopic (exact) mass is 241 g/mol. The fourth-order valence-electron chi connectivity index (χ4n) is 1.64. The number of nitrogens with zero attached hydrogens (tertiary/aromatic N) is 3. The van der Waals surface area contributed by atoms with Crippen molar-refractivity contribution in [2.75, 3.05) is 11.9 Å². The topological polar surface area (TPSA) is 39.9 Å². The maximum absolute atomic E-state index is 12.8. The first kappa shape index (κ1) is 12.1. The van der Waals surface area contributed by atoms with Crippen molar-refractivity contribution >= 4 is 5.82 Å². The number of anilines is 1. The number of aromatic nitrogens is 1. The largest absolute Gasteiger partial charge is 0.355 e. The molecule has 0 saturated carbocycles. The molecule has 0 N–H and O–H groups in total. The summed E-state index contributed by atoms with van der Waals surface area (Å²) in [5.74, 6) is 0.476. The zero-order chi connectivity index (χ0) is 13.0. The number of rotatable bonds is 3. The van der Waals surface area contributed by atoms with Gasteiger partial charge in [-0.25, -0.2) is 9.37 Å². The van der Waals surface area contributed by atoms with Crippen molar-refractivity contribution in [3.05, 3.63) is 59.5 Å². The van der Waals surface area contributed by atoms with Gasteiger partial charge in [0.15, 0.2) is 0 Å². The summed E-state index contributed by atoms with van der Waals surface area (Å²) in [6.07, 6.45) is 0. The van der Waals surface area contributed by atoms with Gasteiger partial charge < -0.3 is 4.90 Å². The zero-order valence-electron chi connectivity index (χ0n) is 9.97. The second-order valence-electron chi connectivity index (χ2n) is 3.98. The summed E-state index contributed by atoms with van der Waals surface area (Å²) in [5, 5.41) is 8.79. The smallest absolute Gasteiger partial charge is 0.142 e. The Hall–Kier alpha value is -2.41. The number of nitriles is 1. The fraction of sp³-hybridized carbons (Fsp3) is 0.143. The summed E-state index contributed by atoms with van der Waals surface area (Å²) < 4.78 is 12.8. The third-order valence-corrected chi connectivity index (χ3v) is 2.57. The summed E-state index contributed by atoms with van der Waals surface area (Å²) in [5.41, 5.74) is 1.38. The number of hydrogen-bond acceptors (Lipinski definition) is 3. The minimum Gasteiger partial charge on any atom is -0.355 e. The molecule has 0 radical (unpaired) electrons. The summed E-state index contributed by atoms with van der Waals surface area (Å²) >= 11 is 0. The molecular formula is C14H12FN3. The Bertz CT molecular complexity index is 572. The van der Waals surface area contributed by atoms with Crippen LogP contribution in [0.25, 0.3) is 0 Å². The Morgan fingerprint density at radius 2 is 1.94 bits per heavy atom. The predicted octanol–water partition coefficient (Wildman–Crippen LogP) is 2.73. The summed E-state index contributed by atoms with van der Waals surface area (Å²) in [6.45, 7) is 0.613. The molecule has 2 rings (SSSR count). The highest BCUT2D eigenvalue weighted by molar-refractivity contribution is 5.41. The van der Waals surface area contributed by atoms with E-state index in [4.69, 9.17) is 5.26 Å². The van der Waals surface area contributed by atoms with Gasteiger partial charge in [0.05, 0.1) is 0 Å². The zero-order valence-corrected chi connectivity index (χ0v) is 9.97. The molecule has 90 valence electrons. The second-order valence-corrected chi connectivity index (χ2v) is 3.98. The van der Waals surface area contributed by atoms with Crippen LogP contribution in [0.1, 0.15) is 11.3 Å². The first-order valence-corrected chi connectivity index (χ1v) is 5.52. The van der Waals surface area contributed by atoms with Gasteiger partial charge in [-0.15, -0.1) is 0 Å². The maximum atomic E-state index is 12.8. The van der Waals surface area contributed by atoms with Gasteiger partial charge in [0.25, 0.3) is 0 Å². The maximum Gasteiger partial charge on any atom is 0.142 e. The van der Waals surface area contributed by atoms with E-state index in [2.05, 4.69) is 4.98 Å². The van der Waals surface area contributed by atoms with E-state index in [-0.39, 0.29) is 5.82 Å². The molecule has 1 aromatic heterocycles. The van der Waals surface area contributed by atoms with E-state index in [0.29, 0.717) is 12.2 Å². The Balaban J connectivity index is 2.14. The molecule has 1 aromatic carbocycles. The van der Waals surface area contributed by atoms with E-state index in [9.17, 15) is 4.39 Å². The van der Waals surface area contributed by atoms with Crippen molar-refractivity contribution in [1.29, 1.82) is 5.26 Å². The molecule has 0 aliphatic carbocycles. The highest BCUT2D eigenvalue weighted by Crippen LogP contribution is 2.13. The molecular weight excluding hydrogens is 229 g/mol. The number of pyridine rings is 1. The molecule has 2 aromatic rings. The van der Waals surface area contributed by atoms with Crippen molar-refractivity contribution in [2.45, 2.75) is 6.54 Å². The van der Waals surface area contributed by atoms with E-state index in [1.165, 1.54) is 12.1 Å². The summed E-state index contributed by atoms with van der Waals surface area (Å²) in [4.78, 5) is 6.11. The molecule has 18 heavy (non-hydrogen) atoms. The van der Waals surface area contributed by atoms with Crippen LogP contribution in [0.2, 0.25) is 0 Å². The Morgan fingerprint density at radius 1 is 1.22 bits per heavy atom. The van der Waals surface area contributed by atoms with Crippen LogP contribution in [-0.4, -0.2) is 12.0 Å².